The Kier molecular flexibility index (Phi) is 9.37. The van der Waals surface area contributed by atoms with Crippen molar-refractivity contribution >= 4 is 17.9 Å². The Morgan fingerprint density at radius 3 is 2.61 bits per heavy atom. The van der Waals surface area contributed by atoms with E-state index in [4.69, 9.17) is 11.5 Å². The first kappa shape index (κ1) is 30.1. The lowest BCUT2D eigenvalue weighted by Crippen LogP contribution is -2.61. The van der Waals surface area contributed by atoms with Crippen molar-refractivity contribution < 1.29 is 18.0 Å². The molecule has 220 valence electrons. The molecule has 1 aromatic heterocycles. The largest absolute Gasteiger partial charge is 0.419 e. The maximum atomic E-state index is 13.0. The van der Waals surface area contributed by atoms with E-state index in [9.17, 15) is 18.0 Å². The van der Waals surface area contributed by atoms with Crippen LogP contribution in [-0.4, -0.2) is 58.9 Å². The van der Waals surface area contributed by atoms with Gasteiger partial charge in [0.05, 0.1) is 5.57 Å². The average Bonchev–Trinajstić information content (AvgIpc) is 2.93. The number of pyridine rings is 1. The Morgan fingerprint density at radius 2 is 1.90 bits per heavy atom. The number of nitrogens with two attached hydrogens (primary N) is 2. The number of likely N-dealkylation sites (tertiary alicyclic amines) is 1. The normalized spacial score (nSPS) is 23.9. The number of rotatable bonds is 9. The summed E-state index contributed by atoms with van der Waals surface area (Å²) in [5.74, 6) is 0.553. The van der Waals surface area contributed by atoms with Gasteiger partial charge in [0.2, 0.25) is 5.91 Å². The zero-order chi connectivity index (χ0) is 29.6. The van der Waals surface area contributed by atoms with Gasteiger partial charge in [0.1, 0.15) is 11.6 Å². The summed E-state index contributed by atoms with van der Waals surface area (Å²) in [4.78, 5) is 22.1. The smallest absolute Gasteiger partial charge is 0.404 e. The fourth-order valence-electron chi connectivity index (χ4n) is 5.67. The zero-order valence-corrected chi connectivity index (χ0v) is 23.3. The van der Waals surface area contributed by atoms with E-state index in [1.54, 1.807) is 18.3 Å². The number of benzene rings is 1. The van der Waals surface area contributed by atoms with E-state index >= 15 is 0 Å². The SMILES string of the molecule is C=C(/N=C\C(=C/N)C(F)(F)F)N1CCC[C@](C)(N[C@@H]2CCCC[C@H]2Nc2cc(-c3cccc(C(N)=O)c3)ccn2)C1. The summed E-state index contributed by atoms with van der Waals surface area (Å²) in [7, 11) is 0. The Morgan fingerprint density at radius 1 is 1.17 bits per heavy atom. The van der Waals surface area contributed by atoms with Gasteiger partial charge in [0.15, 0.2) is 0 Å². The van der Waals surface area contributed by atoms with Gasteiger partial charge < -0.3 is 27.0 Å². The minimum absolute atomic E-state index is 0.140. The number of hydrogen-bond acceptors (Lipinski definition) is 7. The van der Waals surface area contributed by atoms with Crippen LogP contribution in [0.1, 0.15) is 55.8 Å². The molecule has 1 aromatic carbocycles. The number of allylic oxidation sites excluding steroid dienone is 1. The number of primary amides is 1. The first-order chi connectivity index (χ1) is 19.5. The summed E-state index contributed by atoms with van der Waals surface area (Å²) in [6.45, 7) is 7.30. The molecule has 0 unspecified atom stereocenters. The fourth-order valence-corrected chi connectivity index (χ4v) is 5.67. The molecule has 3 atom stereocenters. The predicted molar refractivity (Wildman–Crippen MR) is 156 cm³/mol. The van der Waals surface area contributed by atoms with E-state index in [0.29, 0.717) is 24.9 Å². The van der Waals surface area contributed by atoms with Crippen LogP contribution in [0.3, 0.4) is 0 Å². The molecule has 0 bridgehead atoms. The van der Waals surface area contributed by atoms with Gasteiger partial charge in [-0.2, -0.15) is 13.2 Å². The van der Waals surface area contributed by atoms with Crippen molar-refractivity contribution in [2.24, 2.45) is 16.5 Å². The molecule has 6 N–H and O–H groups in total. The molecule has 1 aliphatic heterocycles. The topological polar surface area (TPSA) is 122 Å². The quantitative estimate of drug-likeness (QED) is 0.317. The van der Waals surface area contributed by atoms with E-state index in [2.05, 4.69) is 34.1 Å². The summed E-state index contributed by atoms with van der Waals surface area (Å²) >= 11 is 0. The molecule has 0 radical (unpaired) electrons. The number of carbonyl (C=O) groups is 1. The van der Waals surface area contributed by atoms with Crippen LogP contribution in [0, 0.1) is 0 Å². The molecular weight excluding hydrogens is 531 g/mol. The number of aromatic nitrogens is 1. The van der Waals surface area contributed by atoms with E-state index in [1.807, 2.05) is 29.2 Å². The minimum atomic E-state index is -4.57. The molecule has 1 saturated heterocycles. The van der Waals surface area contributed by atoms with Crippen molar-refractivity contribution in [3.05, 3.63) is 72.3 Å². The number of nitrogens with one attached hydrogen (secondary N) is 2. The van der Waals surface area contributed by atoms with Gasteiger partial charge in [0, 0.05) is 54.9 Å². The van der Waals surface area contributed by atoms with Crippen LogP contribution in [-0.2, 0) is 0 Å². The van der Waals surface area contributed by atoms with Crippen molar-refractivity contribution in [1.82, 2.24) is 15.2 Å². The maximum Gasteiger partial charge on any atom is 0.419 e. The standard InChI is InChI=1S/C30H38F3N7O/c1-20(37-18-24(17-34)30(31,32)33)40-14-6-12-29(2,19-40)39-26-10-4-3-9-25(26)38-27-16-22(11-13-36-27)21-7-5-8-23(15-21)28(35)41/h5,7-8,11,13,15-18,25-26,39H,1,3-4,6,9-10,12,14,19,34H2,2H3,(H2,35,41)(H,36,38)/b24-17+,37-18-/t25-,26-,29+/m1/s1. The second kappa shape index (κ2) is 12.8. The first-order valence-corrected chi connectivity index (χ1v) is 13.8. The summed E-state index contributed by atoms with van der Waals surface area (Å²) < 4.78 is 39.1. The molecule has 1 amide bonds. The maximum absolute atomic E-state index is 13.0. The van der Waals surface area contributed by atoms with E-state index in [-0.39, 0.29) is 23.4 Å². The van der Waals surface area contributed by atoms with Crippen LogP contribution in [0.2, 0.25) is 0 Å². The molecule has 1 saturated carbocycles. The number of anilines is 1. The van der Waals surface area contributed by atoms with Crippen LogP contribution < -0.4 is 22.1 Å². The molecule has 2 aliphatic rings. The Labute approximate surface area is 238 Å². The van der Waals surface area contributed by atoms with E-state index in [1.165, 1.54) is 0 Å². The average molecular weight is 570 g/mol. The number of halogens is 3. The highest BCUT2D eigenvalue weighted by atomic mass is 19.4. The summed E-state index contributed by atoms with van der Waals surface area (Å²) in [6, 6.07) is 11.4. The molecule has 11 heteroatoms. The third-order valence-electron chi connectivity index (χ3n) is 7.79. The molecule has 1 aliphatic carbocycles. The Balaban J connectivity index is 1.43. The van der Waals surface area contributed by atoms with Gasteiger partial charge in [-0.3, -0.25) is 4.79 Å². The van der Waals surface area contributed by atoms with E-state index in [0.717, 1.165) is 61.7 Å². The van der Waals surface area contributed by atoms with Crippen molar-refractivity contribution in [1.29, 1.82) is 0 Å². The van der Waals surface area contributed by atoms with E-state index < -0.39 is 17.7 Å². The number of amides is 1. The number of hydrogen-bond donors (Lipinski definition) is 4. The monoisotopic (exact) mass is 569 g/mol. The third kappa shape index (κ3) is 7.87. The molecule has 2 fully saturated rings. The number of aliphatic imine (C=N–C) groups is 1. The van der Waals surface area contributed by atoms with Crippen LogP contribution in [0.25, 0.3) is 11.1 Å². The molecule has 2 heterocycles. The van der Waals surface area contributed by atoms with Gasteiger partial charge in [-0.1, -0.05) is 31.6 Å². The molecule has 8 nitrogen and oxygen atoms in total. The lowest BCUT2D eigenvalue weighted by atomic mass is 9.84. The summed E-state index contributed by atoms with van der Waals surface area (Å²) in [5, 5.41) is 7.50. The molecule has 41 heavy (non-hydrogen) atoms. The first-order valence-electron chi connectivity index (χ1n) is 13.8. The van der Waals surface area contributed by atoms with Crippen molar-refractivity contribution in [3.8, 4) is 11.1 Å². The van der Waals surface area contributed by atoms with Crippen molar-refractivity contribution in [3.63, 3.8) is 0 Å². The predicted octanol–water partition coefficient (Wildman–Crippen LogP) is 4.96. The fraction of sp³-hybridized carbons (Fsp3) is 0.433. The lowest BCUT2D eigenvalue weighted by molar-refractivity contribution is -0.0857. The highest BCUT2D eigenvalue weighted by molar-refractivity contribution is 5.94. The molecule has 4 rings (SSSR count). The highest BCUT2D eigenvalue weighted by Crippen LogP contribution is 2.30. The van der Waals surface area contributed by atoms with Gasteiger partial charge in [-0.25, -0.2) is 9.98 Å². The highest BCUT2D eigenvalue weighted by Gasteiger charge is 2.37. The van der Waals surface area contributed by atoms with Gasteiger partial charge >= 0.3 is 6.18 Å². The lowest BCUT2D eigenvalue weighted by Gasteiger charge is -2.46. The zero-order valence-electron chi connectivity index (χ0n) is 23.3. The van der Waals surface area contributed by atoms with Crippen LogP contribution in [0.4, 0.5) is 19.0 Å². The third-order valence-corrected chi connectivity index (χ3v) is 7.79. The van der Waals surface area contributed by atoms with Crippen LogP contribution >= 0.6 is 0 Å². The second-order valence-corrected chi connectivity index (χ2v) is 11.0. The molecular formula is C30H38F3N7O. The number of carbonyl (C=O) groups excluding carboxylic acids is 1. The molecule has 2 aromatic rings. The van der Waals surface area contributed by atoms with Crippen LogP contribution in [0.5, 0.6) is 0 Å². The number of alkyl halides is 3. The molecule has 0 spiro atoms. The number of piperidine rings is 1. The summed E-state index contributed by atoms with van der Waals surface area (Å²) in [6.07, 6.45) is 4.36. The van der Waals surface area contributed by atoms with Crippen molar-refractivity contribution in [2.45, 2.75) is 69.2 Å². The van der Waals surface area contributed by atoms with Gasteiger partial charge in [0.25, 0.3) is 0 Å². The van der Waals surface area contributed by atoms with Gasteiger partial charge in [-0.15, -0.1) is 0 Å². The van der Waals surface area contributed by atoms with Crippen molar-refractivity contribution in [2.75, 3.05) is 18.4 Å². The Hall–Kier alpha value is -3.86. The van der Waals surface area contributed by atoms with Gasteiger partial charge in [-0.05, 0) is 68.0 Å². The number of nitrogens with zero attached hydrogens (tertiary/aromatic N) is 3. The summed E-state index contributed by atoms with van der Waals surface area (Å²) in [5.41, 5.74) is 11.6. The Bertz CT molecular complexity index is 1310. The minimum Gasteiger partial charge on any atom is -0.404 e. The van der Waals surface area contributed by atoms with Crippen LogP contribution in [0.15, 0.2) is 71.8 Å². The second-order valence-electron chi connectivity index (χ2n) is 11.0.